The van der Waals surface area contributed by atoms with Crippen LogP contribution in [0.5, 0.6) is 0 Å². The van der Waals surface area contributed by atoms with Crippen LogP contribution in [0.4, 0.5) is 0 Å². The number of hydrogen-bond acceptors (Lipinski definition) is 2. The van der Waals surface area contributed by atoms with E-state index in [2.05, 4.69) is 12.1 Å². The lowest BCUT2D eigenvalue weighted by atomic mass is 9.88. The molecule has 2 aromatic carbocycles. The molecule has 0 bridgehead atoms. The summed E-state index contributed by atoms with van der Waals surface area (Å²) >= 11 is 6.15. The normalized spacial score (nSPS) is 16.8. The standard InChI is InChI=1S/C20H22ClNO2/c21-17-8-4-7-16(13-17)19(15-5-2-1-3-6-15)14-20(24)22-11-9-18(23)10-12-22/h1-8,13,18-19,23H,9-12,14H2/t19-/m1/s1. The van der Waals surface area contributed by atoms with Crippen molar-refractivity contribution in [2.24, 2.45) is 0 Å². The molecule has 0 aromatic heterocycles. The Labute approximate surface area is 147 Å². The summed E-state index contributed by atoms with van der Waals surface area (Å²) in [6.07, 6.45) is 1.48. The van der Waals surface area contributed by atoms with Crippen molar-refractivity contribution in [3.63, 3.8) is 0 Å². The van der Waals surface area contributed by atoms with Crippen LogP contribution in [0.3, 0.4) is 0 Å². The number of rotatable bonds is 4. The molecular weight excluding hydrogens is 322 g/mol. The average Bonchev–Trinajstić information content (AvgIpc) is 2.61. The fourth-order valence-corrected chi connectivity index (χ4v) is 3.45. The third-order valence-electron chi connectivity index (χ3n) is 4.65. The van der Waals surface area contributed by atoms with Gasteiger partial charge in [-0.2, -0.15) is 0 Å². The first-order valence-corrected chi connectivity index (χ1v) is 8.77. The Kier molecular flexibility index (Phi) is 5.54. The minimum atomic E-state index is -0.271. The minimum Gasteiger partial charge on any atom is -0.393 e. The molecule has 1 atom stereocenters. The number of likely N-dealkylation sites (tertiary alicyclic amines) is 1. The molecule has 1 amide bonds. The maximum absolute atomic E-state index is 12.8. The predicted molar refractivity (Wildman–Crippen MR) is 96.2 cm³/mol. The van der Waals surface area contributed by atoms with Gasteiger partial charge in [-0.25, -0.2) is 0 Å². The maximum Gasteiger partial charge on any atom is 0.223 e. The largest absolute Gasteiger partial charge is 0.393 e. The highest BCUT2D eigenvalue weighted by molar-refractivity contribution is 6.30. The Morgan fingerprint density at radius 3 is 2.42 bits per heavy atom. The van der Waals surface area contributed by atoms with Gasteiger partial charge in [-0.3, -0.25) is 4.79 Å². The molecule has 1 aliphatic rings. The SMILES string of the molecule is O=C(C[C@H](c1ccccc1)c1cccc(Cl)c1)N1CCC(O)CC1. The summed E-state index contributed by atoms with van der Waals surface area (Å²) in [6.45, 7) is 1.27. The molecule has 24 heavy (non-hydrogen) atoms. The van der Waals surface area contributed by atoms with E-state index < -0.39 is 0 Å². The zero-order valence-electron chi connectivity index (χ0n) is 13.6. The number of carbonyl (C=O) groups excluding carboxylic acids is 1. The van der Waals surface area contributed by atoms with Gasteiger partial charge in [0.2, 0.25) is 5.91 Å². The van der Waals surface area contributed by atoms with Crippen LogP contribution < -0.4 is 0 Å². The lowest BCUT2D eigenvalue weighted by molar-refractivity contribution is -0.133. The van der Waals surface area contributed by atoms with Crippen molar-refractivity contribution < 1.29 is 9.90 Å². The van der Waals surface area contributed by atoms with Crippen LogP contribution in [-0.4, -0.2) is 35.1 Å². The van der Waals surface area contributed by atoms with Gasteiger partial charge >= 0.3 is 0 Å². The fourth-order valence-electron chi connectivity index (χ4n) is 3.26. The highest BCUT2D eigenvalue weighted by Crippen LogP contribution is 2.30. The highest BCUT2D eigenvalue weighted by Gasteiger charge is 2.25. The van der Waals surface area contributed by atoms with Crippen LogP contribution in [0.25, 0.3) is 0 Å². The van der Waals surface area contributed by atoms with Gasteiger partial charge in [-0.05, 0) is 36.1 Å². The fraction of sp³-hybridized carbons (Fsp3) is 0.350. The monoisotopic (exact) mass is 343 g/mol. The smallest absolute Gasteiger partial charge is 0.223 e. The van der Waals surface area contributed by atoms with Crippen LogP contribution in [0.15, 0.2) is 54.6 Å². The molecule has 1 heterocycles. The zero-order valence-corrected chi connectivity index (χ0v) is 14.3. The number of piperidine rings is 1. The van der Waals surface area contributed by atoms with Gasteiger partial charge in [0.05, 0.1) is 6.10 Å². The van der Waals surface area contributed by atoms with E-state index in [0.29, 0.717) is 37.4 Å². The third kappa shape index (κ3) is 4.16. The minimum absolute atomic E-state index is 0.00995. The quantitative estimate of drug-likeness (QED) is 0.916. The van der Waals surface area contributed by atoms with Crippen molar-refractivity contribution in [3.8, 4) is 0 Å². The van der Waals surface area contributed by atoms with Crippen LogP contribution in [0.2, 0.25) is 5.02 Å². The van der Waals surface area contributed by atoms with Gasteiger partial charge in [0, 0.05) is 30.5 Å². The topological polar surface area (TPSA) is 40.5 Å². The maximum atomic E-state index is 12.8. The van der Waals surface area contributed by atoms with Gasteiger partial charge in [-0.1, -0.05) is 54.1 Å². The van der Waals surface area contributed by atoms with E-state index in [1.54, 1.807) is 0 Å². The number of nitrogens with zero attached hydrogens (tertiary/aromatic N) is 1. The van der Waals surface area contributed by atoms with E-state index in [4.69, 9.17) is 11.6 Å². The molecule has 0 radical (unpaired) electrons. The van der Waals surface area contributed by atoms with Crippen LogP contribution in [-0.2, 0) is 4.79 Å². The Morgan fingerprint density at radius 1 is 1.08 bits per heavy atom. The van der Waals surface area contributed by atoms with E-state index in [1.807, 2.05) is 47.4 Å². The summed E-state index contributed by atoms with van der Waals surface area (Å²) in [6, 6.07) is 17.8. The molecule has 1 saturated heterocycles. The van der Waals surface area contributed by atoms with Crippen molar-refractivity contribution in [2.45, 2.75) is 31.3 Å². The van der Waals surface area contributed by atoms with E-state index in [0.717, 1.165) is 11.1 Å². The number of aliphatic hydroxyl groups is 1. The molecule has 126 valence electrons. The molecule has 3 nitrogen and oxygen atoms in total. The van der Waals surface area contributed by atoms with E-state index in [9.17, 15) is 9.90 Å². The number of aliphatic hydroxyl groups excluding tert-OH is 1. The number of hydrogen-bond donors (Lipinski definition) is 1. The van der Waals surface area contributed by atoms with Crippen molar-refractivity contribution in [1.82, 2.24) is 4.90 Å². The third-order valence-corrected chi connectivity index (χ3v) is 4.88. The summed E-state index contributed by atoms with van der Waals surface area (Å²) in [4.78, 5) is 14.6. The van der Waals surface area contributed by atoms with Gasteiger partial charge < -0.3 is 10.0 Å². The number of carbonyl (C=O) groups is 1. The van der Waals surface area contributed by atoms with Crippen molar-refractivity contribution in [2.75, 3.05) is 13.1 Å². The summed E-state index contributed by atoms with van der Waals surface area (Å²) < 4.78 is 0. The molecule has 3 rings (SSSR count). The van der Waals surface area contributed by atoms with Gasteiger partial charge in [0.25, 0.3) is 0 Å². The molecule has 1 N–H and O–H groups in total. The second-order valence-electron chi connectivity index (χ2n) is 6.33. The molecule has 1 fully saturated rings. The Bertz CT molecular complexity index is 681. The summed E-state index contributed by atoms with van der Waals surface area (Å²) in [7, 11) is 0. The van der Waals surface area contributed by atoms with E-state index in [1.165, 1.54) is 0 Å². The first-order chi connectivity index (χ1) is 11.6. The first-order valence-electron chi connectivity index (χ1n) is 8.40. The van der Waals surface area contributed by atoms with Gasteiger partial charge in [0.15, 0.2) is 0 Å². The Hall–Kier alpha value is -1.84. The molecule has 4 heteroatoms. The lowest BCUT2D eigenvalue weighted by Gasteiger charge is -2.31. The molecular formula is C20H22ClNO2. The lowest BCUT2D eigenvalue weighted by Crippen LogP contribution is -2.40. The first kappa shape index (κ1) is 17.0. The Morgan fingerprint density at radius 2 is 1.75 bits per heavy atom. The van der Waals surface area contributed by atoms with Gasteiger partial charge in [0.1, 0.15) is 0 Å². The zero-order chi connectivity index (χ0) is 16.9. The van der Waals surface area contributed by atoms with Crippen molar-refractivity contribution in [1.29, 1.82) is 0 Å². The van der Waals surface area contributed by atoms with Crippen LogP contribution >= 0.6 is 11.6 Å². The number of amides is 1. The van der Waals surface area contributed by atoms with Crippen LogP contribution in [0.1, 0.15) is 36.3 Å². The summed E-state index contributed by atoms with van der Waals surface area (Å²) in [5, 5.41) is 10.3. The molecule has 2 aromatic rings. The molecule has 0 aliphatic carbocycles. The molecule has 0 spiro atoms. The summed E-state index contributed by atoms with van der Waals surface area (Å²) in [5.41, 5.74) is 2.17. The van der Waals surface area contributed by atoms with E-state index in [-0.39, 0.29) is 17.9 Å². The van der Waals surface area contributed by atoms with Crippen molar-refractivity contribution >= 4 is 17.5 Å². The summed E-state index contributed by atoms with van der Waals surface area (Å²) in [5.74, 6) is 0.125. The van der Waals surface area contributed by atoms with Gasteiger partial charge in [-0.15, -0.1) is 0 Å². The number of benzene rings is 2. The molecule has 0 unspecified atom stereocenters. The van der Waals surface area contributed by atoms with Crippen molar-refractivity contribution in [3.05, 3.63) is 70.7 Å². The number of halogens is 1. The van der Waals surface area contributed by atoms with Crippen LogP contribution in [0, 0.1) is 0 Å². The second-order valence-corrected chi connectivity index (χ2v) is 6.77. The average molecular weight is 344 g/mol. The molecule has 1 aliphatic heterocycles. The molecule has 0 saturated carbocycles. The van der Waals surface area contributed by atoms with E-state index >= 15 is 0 Å². The highest BCUT2D eigenvalue weighted by atomic mass is 35.5. The Balaban J connectivity index is 1.81. The second kappa shape index (κ2) is 7.82. The predicted octanol–water partition coefficient (Wildman–Crippen LogP) is 3.85.